The first-order chi connectivity index (χ1) is 14.9. The van der Waals surface area contributed by atoms with Crippen LogP contribution in [0.3, 0.4) is 0 Å². The third kappa shape index (κ3) is 4.53. The topological polar surface area (TPSA) is 38.8 Å². The van der Waals surface area contributed by atoms with Crippen molar-refractivity contribution in [2.45, 2.75) is 32.4 Å². The fourth-order valence-corrected chi connectivity index (χ4v) is 4.42. The lowest BCUT2D eigenvalue weighted by Gasteiger charge is -2.38. The Morgan fingerprint density at radius 1 is 1.03 bits per heavy atom. The van der Waals surface area contributed by atoms with Gasteiger partial charge >= 0.3 is 0 Å². The molecule has 1 atom stereocenters. The lowest BCUT2D eigenvalue weighted by molar-refractivity contribution is -0.118. The maximum absolute atomic E-state index is 13.4. The molecule has 3 aromatic carbocycles. The van der Waals surface area contributed by atoms with Crippen LogP contribution in [0.2, 0.25) is 5.02 Å². The number of hydrogen-bond acceptors (Lipinski definition) is 3. The van der Waals surface area contributed by atoms with Crippen molar-refractivity contribution in [3.63, 3.8) is 0 Å². The van der Waals surface area contributed by atoms with E-state index < -0.39 is 0 Å². The summed E-state index contributed by atoms with van der Waals surface area (Å²) < 4.78 is 12.7. The highest BCUT2D eigenvalue weighted by Gasteiger charge is 2.36. The molecule has 0 saturated carbocycles. The van der Waals surface area contributed by atoms with Crippen LogP contribution >= 0.6 is 34.2 Å². The summed E-state index contributed by atoms with van der Waals surface area (Å²) in [6, 6.07) is 19.3. The normalized spacial score (nSPS) is 15.7. The monoisotopic (exact) mass is 547 g/mol. The number of carbonyl (C=O) groups excluding carboxylic acids is 1. The molecule has 1 unspecified atom stereocenters. The predicted molar refractivity (Wildman–Crippen MR) is 132 cm³/mol. The first kappa shape index (κ1) is 22.0. The minimum Gasteiger partial charge on any atom is -0.493 e. The van der Waals surface area contributed by atoms with E-state index in [2.05, 4.69) is 22.6 Å². The molecule has 0 fully saturated rings. The van der Waals surface area contributed by atoms with Gasteiger partial charge in [0.2, 0.25) is 5.91 Å². The second kappa shape index (κ2) is 9.09. The SMILES string of the molecule is COc1cc2c(cc1OC(C)C)C(c1ccc(Cl)cc1)N(c1ccc(I)cc1)C(=O)C2. The number of hydrogen-bond donors (Lipinski definition) is 0. The Balaban J connectivity index is 1.92. The van der Waals surface area contributed by atoms with E-state index in [9.17, 15) is 4.79 Å². The van der Waals surface area contributed by atoms with E-state index in [1.807, 2.05) is 79.4 Å². The summed E-state index contributed by atoms with van der Waals surface area (Å²) in [5.74, 6) is 1.35. The van der Waals surface area contributed by atoms with Gasteiger partial charge < -0.3 is 14.4 Å². The van der Waals surface area contributed by atoms with Gasteiger partial charge in [-0.05, 0) is 102 Å². The van der Waals surface area contributed by atoms with Crippen LogP contribution in [-0.4, -0.2) is 19.1 Å². The molecule has 0 N–H and O–H groups in total. The summed E-state index contributed by atoms with van der Waals surface area (Å²) in [6.07, 6.45) is 0.294. The Morgan fingerprint density at radius 3 is 2.32 bits per heavy atom. The number of rotatable bonds is 5. The van der Waals surface area contributed by atoms with E-state index in [0.29, 0.717) is 22.9 Å². The number of benzene rings is 3. The molecular weight excluding hydrogens is 525 g/mol. The number of nitrogens with zero attached hydrogens (tertiary/aromatic N) is 1. The van der Waals surface area contributed by atoms with E-state index >= 15 is 0 Å². The van der Waals surface area contributed by atoms with E-state index in [1.54, 1.807) is 7.11 Å². The summed E-state index contributed by atoms with van der Waals surface area (Å²) in [6.45, 7) is 3.97. The van der Waals surface area contributed by atoms with E-state index in [4.69, 9.17) is 21.1 Å². The van der Waals surface area contributed by atoms with Crippen molar-refractivity contribution in [1.29, 1.82) is 0 Å². The second-order valence-corrected chi connectivity index (χ2v) is 9.42. The molecule has 1 amide bonds. The molecule has 4 nitrogen and oxygen atoms in total. The molecule has 1 aliphatic heterocycles. The van der Waals surface area contributed by atoms with Crippen LogP contribution in [0, 0.1) is 3.57 Å². The summed E-state index contributed by atoms with van der Waals surface area (Å²) in [7, 11) is 1.62. The third-order valence-electron chi connectivity index (χ3n) is 5.24. The van der Waals surface area contributed by atoms with Gasteiger partial charge in [0.1, 0.15) is 0 Å². The minimum atomic E-state index is -0.297. The lowest BCUT2D eigenvalue weighted by Crippen LogP contribution is -2.41. The van der Waals surface area contributed by atoms with Crippen molar-refractivity contribution >= 4 is 45.8 Å². The molecule has 1 heterocycles. The van der Waals surface area contributed by atoms with Gasteiger partial charge in [-0.3, -0.25) is 4.79 Å². The molecule has 1 aliphatic rings. The summed E-state index contributed by atoms with van der Waals surface area (Å²) in [5, 5.41) is 0.658. The van der Waals surface area contributed by atoms with Gasteiger partial charge in [0.15, 0.2) is 11.5 Å². The summed E-state index contributed by atoms with van der Waals surface area (Å²) >= 11 is 8.42. The zero-order valence-corrected chi connectivity index (χ0v) is 20.5. The molecule has 0 saturated heterocycles. The van der Waals surface area contributed by atoms with Crippen molar-refractivity contribution in [3.05, 3.63) is 85.9 Å². The molecule has 0 aliphatic carbocycles. The molecule has 0 bridgehead atoms. The van der Waals surface area contributed by atoms with Crippen LogP contribution in [0.1, 0.15) is 36.6 Å². The number of carbonyl (C=O) groups is 1. The Morgan fingerprint density at radius 2 is 1.71 bits per heavy atom. The zero-order valence-electron chi connectivity index (χ0n) is 17.6. The van der Waals surface area contributed by atoms with Crippen LogP contribution in [-0.2, 0) is 11.2 Å². The average molecular weight is 548 g/mol. The van der Waals surface area contributed by atoms with Crippen molar-refractivity contribution in [2.75, 3.05) is 12.0 Å². The molecule has 0 radical (unpaired) electrons. The lowest BCUT2D eigenvalue weighted by atomic mass is 9.87. The first-order valence-corrected chi connectivity index (χ1v) is 11.5. The van der Waals surface area contributed by atoms with Gasteiger partial charge in [-0.15, -0.1) is 0 Å². The fourth-order valence-electron chi connectivity index (χ4n) is 3.93. The molecule has 31 heavy (non-hydrogen) atoms. The largest absolute Gasteiger partial charge is 0.493 e. The number of anilines is 1. The molecule has 6 heteroatoms. The highest BCUT2D eigenvalue weighted by Crippen LogP contribution is 2.43. The number of fused-ring (bicyclic) bond motifs is 1. The highest BCUT2D eigenvalue weighted by atomic mass is 127. The molecular formula is C25H23ClINO3. The van der Waals surface area contributed by atoms with Gasteiger partial charge in [-0.1, -0.05) is 23.7 Å². The predicted octanol–water partition coefficient (Wildman–Crippen LogP) is 6.42. The van der Waals surface area contributed by atoms with Crippen molar-refractivity contribution in [1.82, 2.24) is 0 Å². The molecule has 160 valence electrons. The molecule has 0 aromatic heterocycles. The Bertz CT molecular complexity index is 1100. The van der Waals surface area contributed by atoms with Crippen molar-refractivity contribution in [3.8, 4) is 11.5 Å². The van der Waals surface area contributed by atoms with E-state index in [0.717, 1.165) is 25.9 Å². The number of methoxy groups -OCH3 is 1. The van der Waals surface area contributed by atoms with E-state index in [-0.39, 0.29) is 18.1 Å². The van der Waals surface area contributed by atoms with E-state index in [1.165, 1.54) is 0 Å². The van der Waals surface area contributed by atoms with Gasteiger partial charge in [-0.25, -0.2) is 0 Å². The second-order valence-electron chi connectivity index (χ2n) is 7.74. The van der Waals surface area contributed by atoms with Crippen LogP contribution < -0.4 is 14.4 Å². The van der Waals surface area contributed by atoms with Gasteiger partial charge in [0.05, 0.1) is 25.7 Å². The van der Waals surface area contributed by atoms with Gasteiger partial charge in [0, 0.05) is 14.3 Å². The van der Waals surface area contributed by atoms with Gasteiger partial charge in [-0.2, -0.15) is 0 Å². The maximum Gasteiger partial charge on any atom is 0.232 e. The van der Waals surface area contributed by atoms with Crippen LogP contribution in [0.5, 0.6) is 11.5 Å². The summed E-state index contributed by atoms with van der Waals surface area (Å²) in [5.41, 5.74) is 3.81. The van der Waals surface area contributed by atoms with Crippen LogP contribution in [0.25, 0.3) is 0 Å². The molecule has 0 spiro atoms. The fraction of sp³-hybridized carbons (Fsp3) is 0.240. The Labute approximate surface area is 201 Å². The number of ether oxygens (including phenoxy) is 2. The standard InChI is InChI=1S/C25H23ClINO3/c1-15(2)31-23-14-21-17(12-22(23)30-3)13-24(29)28(20-10-8-19(27)9-11-20)25(21)16-4-6-18(26)7-5-16/h4-12,14-15,25H,13H2,1-3H3. The molecule has 3 aromatic rings. The minimum absolute atomic E-state index is 0.00143. The van der Waals surface area contributed by atoms with Crippen molar-refractivity contribution in [2.24, 2.45) is 0 Å². The highest BCUT2D eigenvalue weighted by molar-refractivity contribution is 14.1. The smallest absolute Gasteiger partial charge is 0.232 e. The average Bonchev–Trinajstić information content (AvgIpc) is 2.74. The summed E-state index contributed by atoms with van der Waals surface area (Å²) in [4.78, 5) is 15.2. The van der Waals surface area contributed by atoms with Gasteiger partial charge in [0.25, 0.3) is 0 Å². The van der Waals surface area contributed by atoms with Crippen molar-refractivity contribution < 1.29 is 14.3 Å². The third-order valence-corrected chi connectivity index (χ3v) is 6.21. The Kier molecular flexibility index (Phi) is 6.44. The van der Waals surface area contributed by atoms with Crippen LogP contribution in [0.4, 0.5) is 5.69 Å². The zero-order chi connectivity index (χ0) is 22.1. The molecule has 4 rings (SSSR count). The first-order valence-electron chi connectivity index (χ1n) is 10.1. The number of amides is 1. The quantitative estimate of drug-likeness (QED) is 0.346. The maximum atomic E-state index is 13.4. The number of halogens is 2. The Hall–Kier alpha value is -2.25. The van der Waals surface area contributed by atoms with Crippen LogP contribution in [0.15, 0.2) is 60.7 Å².